The van der Waals surface area contributed by atoms with Gasteiger partial charge in [-0.25, -0.2) is 0 Å². The average Bonchev–Trinajstić information content (AvgIpc) is 2.85. The molecule has 1 atom stereocenters. The lowest BCUT2D eigenvalue weighted by Crippen LogP contribution is -2.42. The van der Waals surface area contributed by atoms with Crippen LogP contribution in [0.5, 0.6) is 0 Å². The number of halogens is 1. The van der Waals surface area contributed by atoms with Crippen LogP contribution in [0, 0.1) is 19.3 Å². The van der Waals surface area contributed by atoms with E-state index in [4.69, 9.17) is 11.6 Å². The van der Waals surface area contributed by atoms with Crippen LogP contribution in [0.2, 0.25) is 5.02 Å². The molecule has 4 nitrogen and oxygen atoms in total. The number of carbonyl (C=O) groups is 1. The number of aliphatic hydroxyl groups excluding tert-OH is 1. The van der Waals surface area contributed by atoms with Crippen LogP contribution in [-0.4, -0.2) is 16.7 Å². The van der Waals surface area contributed by atoms with E-state index in [2.05, 4.69) is 0 Å². The summed E-state index contributed by atoms with van der Waals surface area (Å²) in [4.78, 5) is 15.3. The van der Waals surface area contributed by atoms with Crippen molar-refractivity contribution < 1.29 is 9.90 Å². The second-order valence-corrected chi connectivity index (χ2v) is 9.71. The SMILES string of the molecule is Cc1ccc(C(O)=C2C(=N)N(c3ccc(Cl)cc3)C3=C(C(=O)CCC3)[C@@H]2c2ccc(C)cc2)cc1. The maximum Gasteiger partial charge on any atom is 0.161 e. The summed E-state index contributed by atoms with van der Waals surface area (Å²) >= 11 is 6.15. The zero-order valence-corrected chi connectivity index (χ0v) is 20.6. The number of hydrogen-bond donors (Lipinski definition) is 2. The Morgan fingerprint density at radius 2 is 1.51 bits per heavy atom. The van der Waals surface area contributed by atoms with Crippen LogP contribution >= 0.6 is 11.6 Å². The summed E-state index contributed by atoms with van der Waals surface area (Å²) < 4.78 is 0. The fourth-order valence-electron chi connectivity index (χ4n) is 5.03. The van der Waals surface area contributed by atoms with Crippen LogP contribution in [0.1, 0.15) is 47.4 Å². The molecule has 3 aromatic rings. The van der Waals surface area contributed by atoms with Crippen LogP contribution in [0.3, 0.4) is 0 Å². The number of amidine groups is 1. The summed E-state index contributed by atoms with van der Waals surface area (Å²) in [6.45, 7) is 4.01. The summed E-state index contributed by atoms with van der Waals surface area (Å²) in [6.07, 6.45) is 1.88. The molecule has 2 N–H and O–H groups in total. The number of aryl methyl sites for hydroxylation is 2. The minimum atomic E-state index is -0.518. The molecule has 1 heterocycles. The second kappa shape index (κ2) is 9.20. The molecule has 35 heavy (non-hydrogen) atoms. The quantitative estimate of drug-likeness (QED) is 0.379. The maximum absolute atomic E-state index is 13.5. The van der Waals surface area contributed by atoms with E-state index in [-0.39, 0.29) is 17.4 Å². The lowest BCUT2D eigenvalue weighted by Gasteiger charge is -2.41. The normalized spacial score (nSPS) is 19.6. The molecule has 1 aliphatic carbocycles. The highest BCUT2D eigenvalue weighted by molar-refractivity contribution is 6.30. The highest BCUT2D eigenvalue weighted by Gasteiger charge is 2.43. The number of nitrogens with zero attached hydrogens (tertiary/aromatic N) is 1. The molecule has 0 saturated carbocycles. The van der Waals surface area contributed by atoms with E-state index in [1.165, 1.54) is 0 Å². The highest BCUT2D eigenvalue weighted by atomic mass is 35.5. The van der Waals surface area contributed by atoms with E-state index < -0.39 is 5.92 Å². The fourth-order valence-corrected chi connectivity index (χ4v) is 5.15. The number of hydrogen-bond acceptors (Lipinski definition) is 3. The number of nitrogens with one attached hydrogen (secondary N) is 1. The Balaban J connectivity index is 1.81. The van der Waals surface area contributed by atoms with E-state index in [1.54, 1.807) is 12.1 Å². The smallest absolute Gasteiger partial charge is 0.161 e. The van der Waals surface area contributed by atoms with E-state index in [0.29, 0.717) is 34.6 Å². The predicted octanol–water partition coefficient (Wildman–Crippen LogP) is 7.51. The lowest BCUT2D eigenvalue weighted by atomic mass is 9.73. The van der Waals surface area contributed by atoms with Crippen LogP contribution < -0.4 is 4.90 Å². The molecule has 0 fully saturated rings. The third-order valence-corrected chi connectivity index (χ3v) is 7.08. The summed E-state index contributed by atoms with van der Waals surface area (Å²) in [6, 6.07) is 22.9. The van der Waals surface area contributed by atoms with E-state index in [1.807, 2.05) is 79.4 Å². The molecule has 5 heteroatoms. The van der Waals surface area contributed by atoms with Gasteiger partial charge in [-0.1, -0.05) is 71.3 Å². The Kier molecular flexibility index (Phi) is 6.08. The molecule has 0 bridgehead atoms. The number of benzene rings is 3. The number of Topliss-reactive ketones (excluding diaryl/α,β-unsaturated/α-hetero) is 1. The first-order valence-electron chi connectivity index (χ1n) is 11.8. The summed E-state index contributed by atoms with van der Waals surface area (Å²) in [5.41, 5.74) is 6.39. The molecule has 0 radical (unpaired) electrons. The van der Waals surface area contributed by atoms with Crippen molar-refractivity contribution >= 4 is 34.7 Å². The number of allylic oxidation sites excluding steroid dienone is 2. The Morgan fingerprint density at radius 1 is 0.914 bits per heavy atom. The Bertz CT molecular complexity index is 1370. The fraction of sp³-hybridized carbons (Fsp3) is 0.200. The average molecular weight is 483 g/mol. The van der Waals surface area contributed by atoms with Gasteiger partial charge in [0.15, 0.2) is 5.78 Å². The monoisotopic (exact) mass is 482 g/mol. The lowest BCUT2D eigenvalue weighted by molar-refractivity contribution is -0.116. The van der Waals surface area contributed by atoms with Gasteiger partial charge in [-0.05, 0) is 56.5 Å². The van der Waals surface area contributed by atoms with Crippen LogP contribution in [0.4, 0.5) is 5.69 Å². The molecule has 1 aliphatic heterocycles. The van der Waals surface area contributed by atoms with E-state index in [9.17, 15) is 15.3 Å². The van der Waals surface area contributed by atoms with Crippen LogP contribution in [-0.2, 0) is 4.79 Å². The van der Waals surface area contributed by atoms with Crippen molar-refractivity contribution in [1.29, 1.82) is 5.41 Å². The van der Waals surface area contributed by atoms with Gasteiger partial charge in [0.25, 0.3) is 0 Å². The first-order chi connectivity index (χ1) is 16.8. The third kappa shape index (κ3) is 4.19. The Hall–Kier alpha value is -3.63. The molecule has 0 aromatic heterocycles. The van der Waals surface area contributed by atoms with Gasteiger partial charge in [0.2, 0.25) is 0 Å². The second-order valence-electron chi connectivity index (χ2n) is 9.27. The molecule has 0 unspecified atom stereocenters. The predicted molar refractivity (Wildman–Crippen MR) is 142 cm³/mol. The number of rotatable bonds is 3. The first kappa shape index (κ1) is 23.1. The van der Waals surface area contributed by atoms with Crippen molar-refractivity contribution in [2.45, 2.75) is 39.0 Å². The molecule has 0 amide bonds. The van der Waals surface area contributed by atoms with Gasteiger partial charge in [0.1, 0.15) is 11.6 Å². The van der Waals surface area contributed by atoms with Gasteiger partial charge in [-0.2, -0.15) is 0 Å². The van der Waals surface area contributed by atoms with Crippen molar-refractivity contribution in [3.05, 3.63) is 117 Å². The van der Waals surface area contributed by atoms with Crippen molar-refractivity contribution in [2.24, 2.45) is 0 Å². The van der Waals surface area contributed by atoms with Crippen LogP contribution in [0.15, 0.2) is 89.6 Å². The van der Waals surface area contributed by atoms with Gasteiger partial charge in [-0.15, -0.1) is 0 Å². The molecule has 0 spiro atoms. The Labute approximate surface area is 210 Å². The topological polar surface area (TPSA) is 64.4 Å². The van der Waals surface area contributed by atoms with Crippen molar-refractivity contribution in [3.8, 4) is 0 Å². The van der Waals surface area contributed by atoms with Gasteiger partial charge in [0, 0.05) is 45.5 Å². The van der Waals surface area contributed by atoms with E-state index in [0.717, 1.165) is 34.5 Å². The number of carbonyl (C=O) groups excluding carboxylic acids is 1. The molecular formula is C30H27ClN2O2. The van der Waals surface area contributed by atoms with Gasteiger partial charge < -0.3 is 5.11 Å². The highest BCUT2D eigenvalue weighted by Crippen LogP contribution is 2.48. The standard InChI is InChI=1S/C30H27ClN2O2/c1-18-6-10-20(11-7-18)26-27-24(4-3-5-25(27)34)33(23-16-14-22(31)15-17-23)30(32)28(26)29(35)21-12-8-19(2)9-13-21/h6-17,26,32,35H,3-5H2,1-2H3/t26-/m0/s1. The number of ketones is 1. The minimum absolute atomic E-state index is 0.0180. The number of aliphatic hydroxyl groups is 1. The molecule has 5 rings (SSSR count). The molecule has 0 saturated heterocycles. The zero-order chi connectivity index (χ0) is 24.7. The molecule has 176 valence electrons. The molecular weight excluding hydrogens is 456 g/mol. The minimum Gasteiger partial charge on any atom is -0.507 e. The first-order valence-corrected chi connectivity index (χ1v) is 12.2. The summed E-state index contributed by atoms with van der Waals surface area (Å²) in [5.74, 6) is -0.262. The van der Waals surface area contributed by atoms with Crippen LogP contribution in [0.25, 0.3) is 5.76 Å². The van der Waals surface area contributed by atoms with Crippen molar-refractivity contribution in [1.82, 2.24) is 0 Å². The van der Waals surface area contributed by atoms with Gasteiger partial charge in [0.05, 0.1) is 0 Å². The van der Waals surface area contributed by atoms with E-state index >= 15 is 0 Å². The van der Waals surface area contributed by atoms with Crippen molar-refractivity contribution in [3.63, 3.8) is 0 Å². The summed E-state index contributed by atoms with van der Waals surface area (Å²) in [7, 11) is 0. The summed E-state index contributed by atoms with van der Waals surface area (Å²) in [5, 5.41) is 21.6. The Morgan fingerprint density at radius 3 is 2.14 bits per heavy atom. The zero-order valence-electron chi connectivity index (χ0n) is 19.8. The largest absolute Gasteiger partial charge is 0.507 e. The maximum atomic E-state index is 13.5. The molecule has 3 aromatic carbocycles. The van der Waals surface area contributed by atoms with Gasteiger partial charge >= 0.3 is 0 Å². The molecule has 2 aliphatic rings. The number of anilines is 1. The van der Waals surface area contributed by atoms with Gasteiger partial charge in [-0.3, -0.25) is 15.1 Å². The van der Waals surface area contributed by atoms with Crippen molar-refractivity contribution in [2.75, 3.05) is 4.90 Å². The third-order valence-electron chi connectivity index (χ3n) is 6.83.